The van der Waals surface area contributed by atoms with E-state index in [1.807, 2.05) is 38.1 Å². The van der Waals surface area contributed by atoms with Crippen molar-refractivity contribution in [3.63, 3.8) is 0 Å². The van der Waals surface area contributed by atoms with E-state index in [2.05, 4.69) is 42.5 Å². The van der Waals surface area contributed by atoms with Gasteiger partial charge in [-0.3, -0.25) is 0 Å². The zero-order valence-electron chi connectivity index (χ0n) is 15.2. The van der Waals surface area contributed by atoms with Crippen LogP contribution in [0.2, 0.25) is 0 Å². The third kappa shape index (κ3) is 2.67. The van der Waals surface area contributed by atoms with E-state index in [9.17, 15) is 0 Å². The van der Waals surface area contributed by atoms with Gasteiger partial charge in [0.25, 0.3) is 0 Å². The Hall–Kier alpha value is -2.90. The first-order valence-electron chi connectivity index (χ1n) is 9.05. The highest BCUT2D eigenvalue weighted by Crippen LogP contribution is 2.39. The molecule has 0 amide bonds. The Balaban J connectivity index is 2.06. The maximum absolute atomic E-state index is 6.05. The molecule has 0 saturated heterocycles. The average Bonchev–Trinajstić information content (AvgIpc) is 2.87. The van der Waals surface area contributed by atoms with Crippen LogP contribution < -0.4 is 4.74 Å². The van der Waals surface area contributed by atoms with Crippen LogP contribution in [0.15, 0.2) is 75.1 Å². The Bertz CT molecular complexity index is 1340. The molecule has 0 radical (unpaired) electrons. The maximum Gasteiger partial charge on any atom is 0.201 e. The summed E-state index contributed by atoms with van der Waals surface area (Å²) in [7, 11) is -0.0667. The highest BCUT2D eigenvalue weighted by Gasteiger charge is 2.13. The minimum absolute atomic E-state index is 0.0667. The molecule has 3 nitrogen and oxygen atoms in total. The molecule has 0 aliphatic heterocycles. The highest BCUT2D eigenvalue weighted by molar-refractivity contribution is 7.15. The van der Waals surface area contributed by atoms with Gasteiger partial charge in [0.05, 0.1) is 6.10 Å². The predicted molar refractivity (Wildman–Crippen MR) is 114 cm³/mol. The van der Waals surface area contributed by atoms with Crippen LogP contribution in [0.5, 0.6) is 5.75 Å². The Morgan fingerprint density at radius 2 is 1.41 bits per heavy atom. The van der Waals surface area contributed by atoms with Crippen molar-refractivity contribution in [2.24, 2.45) is 0 Å². The van der Waals surface area contributed by atoms with Gasteiger partial charge in [-0.25, -0.2) is 0 Å². The molecular weight excluding hydrogens is 355 g/mol. The lowest BCUT2D eigenvalue weighted by Gasteiger charge is -2.13. The molecule has 134 valence electrons. The van der Waals surface area contributed by atoms with E-state index in [4.69, 9.17) is 13.1 Å². The topological polar surface area (TPSA) is 35.5 Å². The van der Waals surface area contributed by atoms with Gasteiger partial charge in [0.15, 0.2) is 0 Å². The molecule has 27 heavy (non-hydrogen) atoms. The summed E-state index contributed by atoms with van der Waals surface area (Å²) in [5, 5.41) is 6.69. The minimum atomic E-state index is -0.0667. The van der Waals surface area contributed by atoms with Gasteiger partial charge in [0, 0.05) is 16.2 Å². The van der Waals surface area contributed by atoms with E-state index < -0.39 is 0 Å². The summed E-state index contributed by atoms with van der Waals surface area (Å²) in [6.45, 7) is 4.09. The minimum Gasteiger partial charge on any atom is -0.490 e. The zero-order chi connectivity index (χ0) is 18.4. The van der Waals surface area contributed by atoms with Gasteiger partial charge in [-0.1, -0.05) is 42.5 Å². The first-order chi connectivity index (χ1) is 13.2. The molecule has 1 unspecified atom stereocenters. The van der Waals surface area contributed by atoms with Crippen LogP contribution in [0.25, 0.3) is 43.5 Å². The summed E-state index contributed by atoms with van der Waals surface area (Å²) in [6, 6.07) is 22.8. The quantitative estimate of drug-likeness (QED) is 0.322. The molecule has 0 aliphatic carbocycles. The Morgan fingerprint density at radius 3 is 2.22 bits per heavy atom. The summed E-state index contributed by atoms with van der Waals surface area (Å²) >= 11 is 0. The standard InChI is InChI=1S/C23H19O3P/c1-14(2)24-19-9-5-8-18-17(19)11-13-21-23(18)22-16-7-4-3-6-15(16)10-12-20(22)25-27-26-21/h3-14,27H,1-2H3. The number of hydrogen-bond acceptors (Lipinski definition) is 3. The fraction of sp³-hybridized carbons (Fsp3) is 0.130. The van der Waals surface area contributed by atoms with Crippen molar-refractivity contribution in [2.45, 2.75) is 20.0 Å². The third-order valence-corrected chi connectivity index (χ3v) is 5.40. The lowest BCUT2D eigenvalue weighted by atomic mass is 9.98. The number of ether oxygens (including phenoxy) is 1. The second-order valence-electron chi connectivity index (χ2n) is 6.90. The van der Waals surface area contributed by atoms with E-state index >= 15 is 0 Å². The smallest absolute Gasteiger partial charge is 0.201 e. The molecule has 4 heteroatoms. The molecule has 4 aromatic carbocycles. The number of benzene rings is 4. The second-order valence-corrected chi connectivity index (χ2v) is 7.48. The number of rotatable bonds is 2. The fourth-order valence-electron chi connectivity index (χ4n) is 3.71. The molecule has 5 aromatic rings. The van der Waals surface area contributed by atoms with Gasteiger partial charge in [0.2, 0.25) is 8.67 Å². The number of fused-ring (bicyclic) bond motifs is 7. The molecule has 0 saturated carbocycles. The van der Waals surface area contributed by atoms with Gasteiger partial charge < -0.3 is 13.1 Å². The third-order valence-electron chi connectivity index (χ3n) is 4.79. The molecule has 0 N–H and O–H groups in total. The van der Waals surface area contributed by atoms with Crippen molar-refractivity contribution in [1.82, 2.24) is 0 Å². The summed E-state index contributed by atoms with van der Waals surface area (Å²) in [5.74, 6) is 0.889. The van der Waals surface area contributed by atoms with Crippen LogP contribution in [-0.4, -0.2) is 6.10 Å². The molecular formula is C23H19O3P. The maximum atomic E-state index is 6.05. The van der Waals surface area contributed by atoms with Crippen LogP contribution in [0, 0.1) is 0 Å². The molecule has 1 aromatic heterocycles. The van der Waals surface area contributed by atoms with E-state index in [-0.39, 0.29) is 14.8 Å². The van der Waals surface area contributed by atoms with Gasteiger partial charge in [-0.05, 0) is 54.3 Å². The summed E-state index contributed by atoms with van der Waals surface area (Å²) in [4.78, 5) is 0. The van der Waals surface area contributed by atoms with Crippen LogP contribution in [-0.2, 0) is 0 Å². The van der Waals surface area contributed by atoms with E-state index in [0.29, 0.717) is 0 Å². The normalized spacial score (nSPS) is 12.0. The van der Waals surface area contributed by atoms with Crippen molar-refractivity contribution in [2.75, 3.05) is 0 Å². The fourth-order valence-corrected chi connectivity index (χ4v) is 4.28. The van der Waals surface area contributed by atoms with Crippen molar-refractivity contribution >= 4 is 52.2 Å². The molecule has 0 fully saturated rings. The zero-order valence-corrected chi connectivity index (χ0v) is 16.2. The van der Waals surface area contributed by atoms with Crippen molar-refractivity contribution in [1.29, 1.82) is 0 Å². The SMILES string of the molecule is CC(C)Oc1cccc2c1ccc1o[pH]oc3ccc4ccccc4c3c12. The first-order valence-corrected chi connectivity index (χ1v) is 9.87. The van der Waals surface area contributed by atoms with Crippen LogP contribution >= 0.6 is 8.67 Å². The Morgan fingerprint density at radius 1 is 0.704 bits per heavy atom. The highest BCUT2D eigenvalue weighted by atomic mass is 31.1. The van der Waals surface area contributed by atoms with Gasteiger partial charge in [0.1, 0.15) is 16.9 Å². The first kappa shape index (κ1) is 16.3. The number of hydrogen-bond donors (Lipinski definition) is 0. The van der Waals surface area contributed by atoms with Crippen LogP contribution in [0.1, 0.15) is 13.8 Å². The molecule has 0 bridgehead atoms. The summed E-state index contributed by atoms with van der Waals surface area (Å²) < 4.78 is 18.0. The van der Waals surface area contributed by atoms with Crippen LogP contribution in [0.3, 0.4) is 0 Å². The van der Waals surface area contributed by atoms with E-state index in [1.165, 1.54) is 5.39 Å². The predicted octanol–water partition coefficient (Wildman–Crippen LogP) is 7.43. The second kappa shape index (κ2) is 6.37. The largest absolute Gasteiger partial charge is 0.490 e. The summed E-state index contributed by atoms with van der Waals surface area (Å²) in [6.07, 6.45) is 0.114. The Kier molecular flexibility index (Phi) is 3.84. The van der Waals surface area contributed by atoms with E-state index in [1.54, 1.807) is 0 Å². The molecule has 0 aliphatic rings. The molecule has 1 heterocycles. The van der Waals surface area contributed by atoms with E-state index in [0.717, 1.165) is 43.8 Å². The lowest BCUT2D eigenvalue weighted by Crippen LogP contribution is -2.05. The monoisotopic (exact) mass is 374 g/mol. The van der Waals surface area contributed by atoms with Gasteiger partial charge >= 0.3 is 0 Å². The Labute approximate surface area is 158 Å². The average molecular weight is 374 g/mol. The van der Waals surface area contributed by atoms with Crippen molar-refractivity contribution in [3.05, 3.63) is 66.7 Å². The van der Waals surface area contributed by atoms with Crippen molar-refractivity contribution < 1.29 is 13.1 Å². The lowest BCUT2D eigenvalue weighted by molar-refractivity contribution is 0.245. The molecule has 1 atom stereocenters. The molecule has 5 rings (SSSR count). The van der Waals surface area contributed by atoms with Gasteiger partial charge in [-0.2, -0.15) is 0 Å². The molecule has 0 spiro atoms. The van der Waals surface area contributed by atoms with Gasteiger partial charge in [-0.15, -0.1) is 0 Å². The van der Waals surface area contributed by atoms with Crippen molar-refractivity contribution in [3.8, 4) is 5.75 Å². The van der Waals surface area contributed by atoms with Crippen LogP contribution in [0.4, 0.5) is 0 Å². The summed E-state index contributed by atoms with van der Waals surface area (Å²) in [5.41, 5.74) is 1.70.